The summed E-state index contributed by atoms with van der Waals surface area (Å²) in [5.41, 5.74) is 0. The molecule has 0 heterocycles. The van der Waals surface area contributed by atoms with Gasteiger partial charge in [-0.25, -0.2) is 4.39 Å². The summed E-state index contributed by atoms with van der Waals surface area (Å²) in [6.07, 6.45) is 1.12. The Kier molecular flexibility index (Phi) is 5.00. The van der Waals surface area contributed by atoms with E-state index in [0.717, 1.165) is 19.5 Å². The van der Waals surface area contributed by atoms with Crippen molar-refractivity contribution in [3.05, 3.63) is 30.1 Å². The molecule has 0 unspecified atom stereocenters. The van der Waals surface area contributed by atoms with Gasteiger partial charge in [-0.1, -0.05) is 6.92 Å². The lowest BCUT2D eigenvalue weighted by atomic mass is 10.3. The fourth-order valence-electron chi connectivity index (χ4n) is 1.07. The van der Waals surface area contributed by atoms with E-state index < -0.39 is 0 Å². The monoisotopic (exact) mass is 197 g/mol. The topological polar surface area (TPSA) is 21.3 Å². The van der Waals surface area contributed by atoms with E-state index >= 15 is 0 Å². The number of benzene rings is 1. The molecule has 1 N–H and O–H groups in total. The van der Waals surface area contributed by atoms with Gasteiger partial charge in [0.2, 0.25) is 0 Å². The van der Waals surface area contributed by atoms with Gasteiger partial charge in [-0.2, -0.15) is 0 Å². The Hall–Kier alpha value is -1.09. The molecular weight excluding hydrogens is 181 g/mol. The third-order valence-corrected chi connectivity index (χ3v) is 1.79. The van der Waals surface area contributed by atoms with E-state index in [9.17, 15) is 4.39 Å². The molecule has 0 amide bonds. The molecule has 2 nitrogen and oxygen atoms in total. The van der Waals surface area contributed by atoms with Crippen LogP contribution in [-0.2, 0) is 0 Å². The summed E-state index contributed by atoms with van der Waals surface area (Å²) in [6.45, 7) is 4.57. The van der Waals surface area contributed by atoms with E-state index in [1.807, 2.05) is 0 Å². The Morgan fingerprint density at radius 2 is 1.93 bits per heavy atom. The summed E-state index contributed by atoms with van der Waals surface area (Å²) < 4.78 is 17.9. The van der Waals surface area contributed by atoms with Gasteiger partial charge in [0, 0.05) is 6.54 Å². The van der Waals surface area contributed by atoms with Crippen molar-refractivity contribution in [2.45, 2.75) is 13.3 Å². The fraction of sp³-hybridized carbons (Fsp3) is 0.455. The molecule has 0 aliphatic carbocycles. The van der Waals surface area contributed by atoms with Crippen LogP contribution in [0.3, 0.4) is 0 Å². The zero-order valence-electron chi connectivity index (χ0n) is 8.42. The van der Waals surface area contributed by atoms with Crippen molar-refractivity contribution in [2.75, 3.05) is 19.7 Å². The second-order valence-corrected chi connectivity index (χ2v) is 3.05. The van der Waals surface area contributed by atoms with Crippen LogP contribution in [0.2, 0.25) is 0 Å². The maximum absolute atomic E-state index is 12.5. The van der Waals surface area contributed by atoms with Gasteiger partial charge in [-0.3, -0.25) is 0 Å². The Bertz CT molecular complexity index is 248. The van der Waals surface area contributed by atoms with Gasteiger partial charge >= 0.3 is 0 Å². The molecule has 0 aromatic heterocycles. The fourth-order valence-corrected chi connectivity index (χ4v) is 1.07. The van der Waals surface area contributed by atoms with Crippen LogP contribution in [0.4, 0.5) is 4.39 Å². The van der Waals surface area contributed by atoms with Gasteiger partial charge in [-0.05, 0) is 37.2 Å². The van der Waals surface area contributed by atoms with Gasteiger partial charge < -0.3 is 10.1 Å². The van der Waals surface area contributed by atoms with Crippen molar-refractivity contribution >= 4 is 0 Å². The Morgan fingerprint density at radius 3 is 2.57 bits per heavy atom. The van der Waals surface area contributed by atoms with E-state index in [2.05, 4.69) is 12.2 Å². The van der Waals surface area contributed by atoms with Crippen LogP contribution < -0.4 is 10.1 Å². The molecule has 78 valence electrons. The summed E-state index contributed by atoms with van der Waals surface area (Å²) in [5.74, 6) is 0.478. The van der Waals surface area contributed by atoms with Crippen molar-refractivity contribution in [3.8, 4) is 5.75 Å². The van der Waals surface area contributed by atoms with E-state index in [1.54, 1.807) is 12.1 Å². The van der Waals surface area contributed by atoms with Crippen LogP contribution in [0.1, 0.15) is 13.3 Å². The molecule has 0 radical (unpaired) electrons. The molecule has 0 saturated carbocycles. The molecule has 0 aliphatic rings. The largest absolute Gasteiger partial charge is 0.492 e. The first-order valence-corrected chi connectivity index (χ1v) is 4.92. The molecule has 1 rings (SSSR count). The first-order valence-electron chi connectivity index (χ1n) is 4.92. The zero-order chi connectivity index (χ0) is 10.2. The van der Waals surface area contributed by atoms with Gasteiger partial charge in [0.05, 0.1) is 0 Å². The molecule has 1 aromatic rings. The smallest absolute Gasteiger partial charge is 0.123 e. The lowest BCUT2D eigenvalue weighted by Crippen LogP contribution is -2.21. The predicted octanol–water partition coefficient (Wildman–Crippen LogP) is 2.20. The molecule has 0 saturated heterocycles. The van der Waals surface area contributed by atoms with Crippen LogP contribution in [-0.4, -0.2) is 19.7 Å². The van der Waals surface area contributed by atoms with E-state index in [4.69, 9.17) is 4.74 Å². The maximum Gasteiger partial charge on any atom is 0.123 e. The molecule has 0 bridgehead atoms. The minimum atomic E-state index is -0.235. The summed E-state index contributed by atoms with van der Waals surface area (Å²) in [7, 11) is 0. The first kappa shape index (κ1) is 11.0. The average molecular weight is 197 g/mol. The van der Waals surface area contributed by atoms with Crippen molar-refractivity contribution in [3.63, 3.8) is 0 Å². The van der Waals surface area contributed by atoms with Gasteiger partial charge in [0.15, 0.2) is 0 Å². The van der Waals surface area contributed by atoms with Crippen LogP contribution in [0.15, 0.2) is 24.3 Å². The lowest BCUT2D eigenvalue weighted by Gasteiger charge is -2.06. The maximum atomic E-state index is 12.5. The third kappa shape index (κ3) is 4.23. The number of rotatable bonds is 6. The Labute approximate surface area is 84.1 Å². The van der Waals surface area contributed by atoms with Gasteiger partial charge in [-0.15, -0.1) is 0 Å². The average Bonchev–Trinajstić information content (AvgIpc) is 2.21. The lowest BCUT2D eigenvalue weighted by molar-refractivity contribution is 0.314. The SMILES string of the molecule is CCCNCCOc1ccc(F)cc1. The van der Waals surface area contributed by atoms with Crippen molar-refractivity contribution < 1.29 is 9.13 Å². The van der Waals surface area contributed by atoms with Crippen molar-refractivity contribution in [1.82, 2.24) is 5.32 Å². The van der Waals surface area contributed by atoms with E-state index in [1.165, 1.54) is 12.1 Å². The summed E-state index contributed by atoms with van der Waals surface area (Å²) in [5, 5.41) is 3.22. The number of hydrogen-bond acceptors (Lipinski definition) is 2. The third-order valence-electron chi connectivity index (χ3n) is 1.79. The Morgan fingerprint density at radius 1 is 1.21 bits per heavy atom. The molecular formula is C11H16FNO. The molecule has 3 heteroatoms. The van der Waals surface area contributed by atoms with Crippen LogP contribution in [0.25, 0.3) is 0 Å². The molecule has 0 aliphatic heterocycles. The van der Waals surface area contributed by atoms with Gasteiger partial charge in [0.1, 0.15) is 18.2 Å². The minimum absolute atomic E-state index is 0.235. The Balaban J connectivity index is 2.15. The first-order chi connectivity index (χ1) is 6.83. The number of nitrogens with one attached hydrogen (secondary N) is 1. The standard InChI is InChI=1S/C11H16FNO/c1-2-7-13-8-9-14-11-5-3-10(12)4-6-11/h3-6,13H,2,7-9H2,1H3. The van der Waals surface area contributed by atoms with E-state index in [-0.39, 0.29) is 5.82 Å². The van der Waals surface area contributed by atoms with Crippen LogP contribution >= 0.6 is 0 Å². The highest BCUT2D eigenvalue weighted by molar-refractivity contribution is 5.21. The number of ether oxygens (including phenoxy) is 1. The normalized spacial score (nSPS) is 10.1. The molecule has 0 atom stereocenters. The van der Waals surface area contributed by atoms with E-state index in [0.29, 0.717) is 12.4 Å². The van der Waals surface area contributed by atoms with Crippen LogP contribution in [0.5, 0.6) is 5.75 Å². The zero-order valence-corrected chi connectivity index (χ0v) is 8.42. The second-order valence-electron chi connectivity index (χ2n) is 3.05. The van der Waals surface area contributed by atoms with Gasteiger partial charge in [0.25, 0.3) is 0 Å². The summed E-state index contributed by atoms with van der Waals surface area (Å²) >= 11 is 0. The summed E-state index contributed by atoms with van der Waals surface area (Å²) in [6, 6.07) is 6.06. The molecule has 1 aromatic carbocycles. The second kappa shape index (κ2) is 6.38. The molecule has 14 heavy (non-hydrogen) atoms. The van der Waals surface area contributed by atoms with Crippen molar-refractivity contribution in [1.29, 1.82) is 0 Å². The molecule has 0 fully saturated rings. The van der Waals surface area contributed by atoms with Crippen LogP contribution in [0, 0.1) is 5.82 Å². The predicted molar refractivity (Wildman–Crippen MR) is 55.1 cm³/mol. The minimum Gasteiger partial charge on any atom is -0.492 e. The van der Waals surface area contributed by atoms with Crippen molar-refractivity contribution in [2.24, 2.45) is 0 Å². The number of hydrogen-bond donors (Lipinski definition) is 1. The highest BCUT2D eigenvalue weighted by atomic mass is 19.1. The highest BCUT2D eigenvalue weighted by Crippen LogP contribution is 2.10. The quantitative estimate of drug-likeness (QED) is 0.706. The molecule has 0 spiro atoms. The highest BCUT2D eigenvalue weighted by Gasteiger charge is 1.93. The number of halogens is 1. The summed E-state index contributed by atoms with van der Waals surface area (Å²) in [4.78, 5) is 0.